The molecule has 1 amide bonds. The third-order valence-corrected chi connectivity index (χ3v) is 6.73. The fourth-order valence-electron chi connectivity index (χ4n) is 4.44. The SMILES string of the molecule is CC1=Nc2ccnn2C(c2ccc(Cl)c(Cl)c2)C1C(=O)N(C)C1CCCCC1. The zero-order valence-corrected chi connectivity index (χ0v) is 17.6. The highest BCUT2D eigenvalue weighted by molar-refractivity contribution is 6.42. The number of carbonyl (C=O) groups excluding carboxylic acids is 1. The van der Waals surface area contributed by atoms with E-state index in [9.17, 15) is 4.79 Å². The van der Waals surface area contributed by atoms with E-state index in [2.05, 4.69) is 10.1 Å². The molecule has 1 aliphatic carbocycles. The molecular weight excluding hydrogens is 395 g/mol. The lowest BCUT2D eigenvalue weighted by Crippen LogP contribution is -2.47. The maximum atomic E-state index is 13.6. The summed E-state index contributed by atoms with van der Waals surface area (Å²) in [6.07, 6.45) is 7.46. The van der Waals surface area contributed by atoms with Gasteiger partial charge in [0.15, 0.2) is 5.82 Å². The van der Waals surface area contributed by atoms with E-state index in [0.717, 1.165) is 29.9 Å². The Hall–Kier alpha value is -1.85. The summed E-state index contributed by atoms with van der Waals surface area (Å²) in [5, 5.41) is 5.44. The van der Waals surface area contributed by atoms with Crippen LogP contribution in [0.15, 0.2) is 35.5 Å². The molecule has 4 rings (SSSR count). The van der Waals surface area contributed by atoms with E-state index < -0.39 is 5.92 Å². The number of aromatic nitrogens is 2. The summed E-state index contributed by atoms with van der Waals surface area (Å²) in [5.41, 5.74) is 1.71. The summed E-state index contributed by atoms with van der Waals surface area (Å²) in [4.78, 5) is 20.2. The Balaban J connectivity index is 1.74. The summed E-state index contributed by atoms with van der Waals surface area (Å²) in [5.74, 6) is 0.417. The Bertz CT molecular complexity index is 917. The average Bonchev–Trinajstić information content (AvgIpc) is 3.16. The molecule has 2 heterocycles. The van der Waals surface area contributed by atoms with Crippen LogP contribution in [0.3, 0.4) is 0 Å². The van der Waals surface area contributed by atoms with Gasteiger partial charge in [-0.15, -0.1) is 0 Å². The maximum Gasteiger partial charge on any atom is 0.233 e. The molecule has 0 radical (unpaired) electrons. The van der Waals surface area contributed by atoms with Gasteiger partial charge in [0.05, 0.1) is 22.3 Å². The van der Waals surface area contributed by atoms with Crippen LogP contribution in [0.5, 0.6) is 0 Å². The highest BCUT2D eigenvalue weighted by Crippen LogP contribution is 2.39. The van der Waals surface area contributed by atoms with Crippen molar-refractivity contribution in [2.75, 3.05) is 7.05 Å². The number of fused-ring (bicyclic) bond motifs is 1. The minimum absolute atomic E-state index is 0.0883. The quantitative estimate of drug-likeness (QED) is 0.679. The number of benzene rings is 1. The van der Waals surface area contributed by atoms with E-state index in [1.807, 2.05) is 41.8 Å². The molecule has 1 aliphatic heterocycles. The van der Waals surface area contributed by atoms with Gasteiger partial charge in [0.1, 0.15) is 5.92 Å². The fraction of sp³-hybridized carbons (Fsp3) is 0.476. The number of hydrogen-bond donors (Lipinski definition) is 0. The molecule has 0 N–H and O–H groups in total. The van der Waals surface area contributed by atoms with Crippen LogP contribution in [-0.4, -0.2) is 39.4 Å². The van der Waals surface area contributed by atoms with Crippen LogP contribution in [0, 0.1) is 5.92 Å². The van der Waals surface area contributed by atoms with Crippen LogP contribution in [0.4, 0.5) is 5.82 Å². The monoisotopic (exact) mass is 418 g/mol. The molecule has 2 atom stereocenters. The second kappa shape index (κ2) is 7.88. The van der Waals surface area contributed by atoms with Crippen molar-refractivity contribution in [3.63, 3.8) is 0 Å². The molecule has 0 bridgehead atoms. The normalized spacial score (nSPS) is 22.5. The van der Waals surface area contributed by atoms with Crippen molar-refractivity contribution in [3.8, 4) is 0 Å². The van der Waals surface area contributed by atoms with E-state index >= 15 is 0 Å². The second-order valence-electron chi connectivity index (χ2n) is 7.72. The highest BCUT2D eigenvalue weighted by Gasteiger charge is 2.40. The average molecular weight is 419 g/mol. The van der Waals surface area contributed by atoms with Crippen molar-refractivity contribution < 1.29 is 4.79 Å². The van der Waals surface area contributed by atoms with Crippen molar-refractivity contribution in [2.24, 2.45) is 10.9 Å². The Labute approximate surface area is 175 Å². The molecule has 1 aromatic carbocycles. The van der Waals surface area contributed by atoms with Gasteiger partial charge in [0, 0.05) is 24.9 Å². The van der Waals surface area contributed by atoms with Gasteiger partial charge in [-0.05, 0) is 37.5 Å². The van der Waals surface area contributed by atoms with Gasteiger partial charge in [-0.1, -0.05) is 48.5 Å². The molecule has 2 unspecified atom stereocenters. The van der Waals surface area contributed by atoms with Gasteiger partial charge < -0.3 is 4.90 Å². The number of halogens is 2. The number of carbonyl (C=O) groups is 1. The first-order valence-corrected chi connectivity index (χ1v) is 10.5. The van der Waals surface area contributed by atoms with Crippen LogP contribution in [0.2, 0.25) is 10.0 Å². The molecular formula is C21H24Cl2N4O. The third kappa shape index (κ3) is 3.46. The summed E-state index contributed by atoms with van der Waals surface area (Å²) < 4.78 is 1.82. The summed E-state index contributed by atoms with van der Waals surface area (Å²) in [6, 6.07) is 7.39. The number of nitrogens with zero attached hydrogens (tertiary/aromatic N) is 4. The second-order valence-corrected chi connectivity index (χ2v) is 8.54. The molecule has 148 valence electrons. The first kappa shape index (κ1) is 19.5. The lowest BCUT2D eigenvalue weighted by Gasteiger charge is -2.37. The topological polar surface area (TPSA) is 50.5 Å². The van der Waals surface area contributed by atoms with Crippen molar-refractivity contribution in [1.29, 1.82) is 0 Å². The zero-order chi connectivity index (χ0) is 19.8. The molecule has 0 saturated heterocycles. The summed E-state index contributed by atoms with van der Waals surface area (Å²) in [6.45, 7) is 1.93. The van der Waals surface area contributed by atoms with Gasteiger partial charge >= 0.3 is 0 Å². The van der Waals surface area contributed by atoms with Crippen molar-refractivity contribution in [1.82, 2.24) is 14.7 Å². The Morgan fingerprint density at radius 1 is 1.14 bits per heavy atom. The fourth-order valence-corrected chi connectivity index (χ4v) is 4.75. The Morgan fingerprint density at radius 3 is 2.61 bits per heavy atom. The van der Waals surface area contributed by atoms with E-state index in [1.165, 1.54) is 19.3 Å². The van der Waals surface area contributed by atoms with Crippen LogP contribution < -0.4 is 0 Å². The molecule has 28 heavy (non-hydrogen) atoms. The largest absolute Gasteiger partial charge is 0.342 e. The van der Waals surface area contributed by atoms with Crippen molar-refractivity contribution in [3.05, 3.63) is 46.1 Å². The smallest absolute Gasteiger partial charge is 0.233 e. The number of rotatable bonds is 3. The first-order valence-electron chi connectivity index (χ1n) is 9.77. The van der Waals surface area contributed by atoms with Gasteiger partial charge in [0.25, 0.3) is 0 Å². The molecule has 7 heteroatoms. The van der Waals surface area contributed by atoms with Gasteiger partial charge in [-0.2, -0.15) is 5.10 Å². The molecule has 2 aromatic rings. The van der Waals surface area contributed by atoms with Crippen molar-refractivity contribution >= 4 is 40.6 Å². The minimum atomic E-state index is -0.420. The first-order chi connectivity index (χ1) is 13.5. The molecule has 1 fully saturated rings. The van der Waals surface area contributed by atoms with Gasteiger partial charge in [-0.3, -0.25) is 4.79 Å². The van der Waals surface area contributed by atoms with Crippen LogP contribution in [0.25, 0.3) is 0 Å². The number of aliphatic imine (C=N–C) groups is 1. The standard InChI is InChI=1S/C21H24Cl2N4O/c1-13-19(21(28)26(2)15-6-4-3-5-7-15)20(27-18(25-13)10-11-24-27)14-8-9-16(22)17(23)12-14/h8-12,15,19-20H,3-7H2,1-2H3. The van der Waals surface area contributed by atoms with Crippen LogP contribution >= 0.6 is 23.2 Å². The Morgan fingerprint density at radius 2 is 1.89 bits per heavy atom. The molecule has 2 aliphatic rings. The van der Waals surface area contributed by atoms with Crippen molar-refractivity contribution in [2.45, 2.75) is 51.1 Å². The lowest BCUT2D eigenvalue weighted by atomic mass is 9.86. The van der Waals surface area contributed by atoms with E-state index in [1.54, 1.807) is 12.3 Å². The molecule has 1 saturated carbocycles. The zero-order valence-electron chi connectivity index (χ0n) is 16.1. The van der Waals surface area contributed by atoms with E-state index in [-0.39, 0.29) is 11.9 Å². The Kier molecular flexibility index (Phi) is 5.48. The summed E-state index contributed by atoms with van der Waals surface area (Å²) >= 11 is 12.4. The maximum absolute atomic E-state index is 13.6. The van der Waals surface area contributed by atoms with E-state index in [4.69, 9.17) is 23.2 Å². The van der Waals surface area contributed by atoms with Gasteiger partial charge in [-0.25, -0.2) is 9.67 Å². The van der Waals surface area contributed by atoms with Gasteiger partial charge in [0.2, 0.25) is 5.91 Å². The lowest BCUT2D eigenvalue weighted by molar-refractivity contribution is -0.135. The third-order valence-electron chi connectivity index (χ3n) is 5.99. The summed E-state index contributed by atoms with van der Waals surface area (Å²) in [7, 11) is 1.93. The molecule has 1 aromatic heterocycles. The van der Waals surface area contributed by atoms with E-state index in [0.29, 0.717) is 16.1 Å². The predicted octanol–water partition coefficient (Wildman–Crippen LogP) is 5.29. The van der Waals surface area contributed by atoms with Crippen LogP contribution in [-0.2, 0) is 4.79 Å². The molecule has 0 spiro atoms. The number of amides is 1. The highest BCUT2D eigenvalue weighted by atomic mass is 35.5. The number of hydrogen-bond acceptors (Lipinski definition) is 3. The predicted molar refractivity (Wildman–Crippen MR) is 113 cm³/mol. The minimum Gasteiger partial charge on any atom is -0.342 e. The van der Waals surface area contributed by atoms with Crippen LogP contribution in [0.1, 0.15) is 50.6 Å². The molecule has 5 nitrogen and oxygen atoms in total.